The first-order valence-corrected chi connectivity index (χ1v) is 10.0. The van der Waals surface area contributed by atoms with Crippen LogP contribution in [0.15, 0.2) is 59.3 Å². The highest BCUT2D eigenvalue weighted by Crippen LogP contribution is 2.33. The molecular weight excluding hydrogens is 464 g/mol. The molecule has 158 valence electrons. The maximum Gasteiger partial charge on any atom is 0.340 e. The van der Waals surface area contributed by atoms with Crippen LogP contribution in [0.3, 0.4) is 0 Å². The number of rotatable bonds is 6. The number of esters is 1. The first-order valence-electron chi connectivity index (χ1n) is 9.25. The molecule has 4 aromatic rings. The van der Waals surface area contributed by atoms with Gasteiger partial charge in [0.2, 0.25) is 5.95 Å². The monoisotopic (exact) mass is 482 g/mol. The molecule has 4 rings (SSSR count). The molecule has 0 spiro atoms. The topological polar surface area (TPSA) is 87.0 Å². The van der Waals surface area contributed by atoms with Crippen LogP contribution in [0.5, 0.6) is 11.5 Å². The predicted octanol–water partition coefficient (Wildman–Crippen LogP) is 4.71. The van der Waals surface area contributed by atoms with Crippen molar-refractivity contribution in [2.45, 2.75) is 0 Å². The van der Waals surface area contributed by atoms with Gasteiger partial charge in [0.05, 0.1) is 38.3 Å². The number of nitrogens with one attached hydrogen (secondary N) is 1. The number of carbonyl (C=O) groups is 1. The fourth-order valence-electron chi connectivity index (χ4n) is 3.18. The van der Waals surface area contributed by atoms with Gasteiger partial charge in [-0.05, 0) is 36.4 Å². The normalized spacial score (nSPS) is 10.7. The average molecular weight is 483 g/mol. The van der Waals surface area contributed by atoms with E-state index in [1.54, 1.807) is 43.1 Å². The number of benzene rings is 2. The summed E-state index contributed by atoms with van der Waals surface area (Å²) in [5, 5.41) is 3.24. The fraction of sp³-hybridized carbons (Fsp3) is 0.136. The number of imidazole rings is 1. The van der Waals surface area contributed by atoms with E-state index in [0.717, 1.165) is 10.0 Å². The summed E-state index contributed by atoms with van der Waals surface area (Å²) in [5.41, 5.74) is 3.14. The van der Waals surface area contributed by atoms with E-state index in [0.29, 0.717) is 40.0 Å². The third kappa shape index (κ3) is 4.04. The average Bonchev–Trinajstić information content (AvgIpc) is 3.28. The van der Waals surface area contributed by atoms with Gasteiger partial charge in [0.15, 0.2) is 11.5 Å². The molecule has 1 N–H and O–H groups in total. The summed E-state index contributed by atoms with van der Waals surface area (Å²) >= 11 is 3.39. The van der Waals surface area contributed by atoms with E-state index in [1.165, 1.54) is 7.11 Å². The number of hydrogen-bond donors (Lipinski definition) is 1. The van der Waals surface area contributed by atoms with Crippen LogP contribution in [0.1, 0.15) is 10.4 Å². The SMILES string of the molecule is COC(=O)c1cc(Br)ccc1Nc1nc(-c2ccc(OC)c(OC)c2)cc2nccn12. The summed E-state index contributed by atoms with van der Waals surface area (Å²) in [5.74, 6) is 1.26. The Morgan fingerprint density at radius 2 is 1.84 bits per heavy atom. The number of halogens is 1. The number of methoxy groups -OCH3 is 3. The van der Waals surface area contributed by atoms with Crippen LogP contribution in [-0.4, -0.2) is 41.7 Å². The smallest absolute Gasteiger partial charge is 0.340 e. The molecule has 0 saturated carbocycles. The van der Waals surface area contributed by atoms with Crippen molar-refractivity contribution in [1.29, 1.82) is 0 Å². The number of ether oxygens (including phenoxy) is 3. The summed E-state index contributed by atoms with van der Waals surface area (Å²) in [4.78, 5) is 21.4. The fourth-order valence-corrected chi connectivity index (χ4v) is 3.54. The molecule has 0 aliphatic heterocycles. The van der Waals surface area contributed by atoms with Crippen LogP contribution in [0, 0.1) is 0 Å². The van der Waals surface area contributed by atoms with E-state index in [2.05, 4.69) is 26.2 Å². The molecule has 0 atom stereocenters. The Hall–Kier alpha value is -3.59. The van der Waals surface area contributed by atoms with Crippen molar-refractivity contribution >= 4 is 39.2 Å². The van der Waals surface area contributed by atoms with Gasteiger partial charge in [-0.2, -0.15) is 0 Å². The summed E-state index contributed by atoms with van der Waals surface area (Å²) in [6.45, 7) is 0. The van der Waals surface area contributed by atoms with Crippen molar-refractivity contribution in [2.75, 3.05) is 26.6 Å². The lowest BCUT2D eigenvalue weighted by Gasteiger charge is -2.14. The van der Waals surface area contributed by atoms with Crippen LogP contribution in [0.4, 0.5) is 11.6 Å². The summed E-state index contributed by atoms with van der Waals surface area (Å²) < 4.78 is 18.2. The second-order valence-electron chi connectivity index (χ2n) is 6.50. The van der Waals surface area contributed by atoms with Gasteiger partial charge in [-0.3, -0.25) is 4.40 Å². The highest BCUT2D eigenvalue weighted by atomic mass is 79.9. The number of hydrogen-bond acceptors (Lipinski definition) is 7. The van der Waals surface area contributed by atoms with Crippen molar-refractivity contribution in [3.8, 4) is 22.8 Å². The molecule has 2 aromatic carbocycles. The molecule has 0 bridgehead atoms. The summed E-state index contributed by atoms with van der Waals surface area (Å²) in [6, 6.07) is 12.7. The quantitative estimate of drug-likeness (QED) is 0.398. The van der Waals surface area contributed by atoms with Crippen molar-refractivity contribution in [3.63, 3.8) is 0 Å². The van der Waals surface area contributed by atoms with Gasteiger partial charge in [0.1, 0.15) is 5.65 Å². The molecule has 0 saturated heterocycles. The number of aromatic nitrogens is 3. The number of carbonyl (C=O) groups excluding carboxylic acids is 1. The van der Waals surface area contributed by atoms with Gasteiger partial charge in [0.25, 0.3) is 0 Å². The molecule has 0 fully saturated rings. The van der Waals surface area contributed by atoms with E-state index in [1.807, 2.05) is 30.3 Å². The highest BCUT2D eigenvalue weighted by molar-refractivity contribution is 9.10. The first-order chi connectivity index (χ1) is 15.0. The lowest BCUT2D eigenvalue weighted by molar-refractivity contribution is 0.0602. The summed E-state index contributed by atoms with van der Waals surface area (Å²) in [7, 11) is 4.52. The van der Waals surface area contributed by atoms with Crippen molar-refractivity contribution < 1.29 is 19.0 Å². The van der Waals surface area contributed by atoms with E-state index >= 15 is 0 Å². The molecule has 9 heteroatoms. The van der Waals surface area contributed by atoms with E-state index in [-0.39, 0.29) is 0 Å². The lowest BCUT2D eigenvalue weighted by Crippen LogP contribution is -2.08. The van der Waals surface area contributed by atoms with Gasteiger partial charge in [-0.1, -0.05) is 15.9 Å². The maximum absolute atomic E-state index is 12.3. The first kappa shape index (κ1) is 20.7. The molecule has 0 aliphatic rings. The van der Waals surface area contributed by atoms with Crippen LogP contribution < -0.4 is 14.8 Å². The Labute approximate surface area is 186 Å². The van der Waals surface area contributed by atoms with Crippen molar-refractivity contribution in [3.05, 3.63) is 64.9 Å². The molecule has 0 unspecified atom stereocenters. The molecule has 2 aromatic heterocycles. The minimum absolute atomic E-state index is 0.378. The second kappa shape index (κ2) is 8.65. The van der Waals surface area contributed by atoms with E-state index in [4.69, 9.17) is 19.2 Å². The molecular formula is C22H19BrN4O4. The third-order valence-electron chi connectivity index (χ3n) is 4.70. The Morgan fingerprint density at radius 3 is 2.58 bits per heavy atom. The Balaban J connectivity index is 1.82. The summed E-state index contributed by atoms with van der Waals surface area (Å²) in [6.07, 6.45) is 3.48. The molecule has 8 nitrogen and oxygen atoms in total. The van der Waals surface area contributed by atoms with Crippen LogP contribution >= 0.6 is 15.9 Å². The van der Waals surface area contributed by atoms with Crippen molar-refractivity contribution in [2.24, 2.45) is 0 Å². The van der Waals surface area contributed by atoms with Gasteiger partial charge in [-0.15, -0.1) is 0 Å². The van der Waals surface area contributed by atoms with Gasteiger partial charge in [0, 0.05) is 28.5 Å². The van der Waals surface area contributed by atoms with Gasteiger partial charge < -0.3 is 19.5 Å². The molecule has 0 aliphatic carbocycles. The standard InChI is InChI=1S/C22H19BrN4O4/c1-29-18-7-4-13(10-19(18)30-2)17-12-20-24-8-9-27(20)22(26-17)25-16-6-5-14(23)11-15(16)21(28)31-3/h4-12H,1-3H3,(H,25,26). The Bertz CT molecular complexity index is 1270. The van der Waals surface area contributed by atoms with Crippen LogP contribution in [-0.2, 0) is 4.74 Å². The van der Waals surface area contributed by atoms with Crippen LogP contribution in [0.2, 0.25) is 0 Å². The minimum Gasteiger partial charge on any atom is -0.493 e. The maximum atomic E-state index is 12.3. The molecule has 0 amide bonds. The predicted molar refractivity (Wildman–Crippen MR) is 120 cm³/mol. The van der Waals surface area contributed by atoms with Crippen molar-refractivity contribution in [1.82, 2.24) is 14.4 Å². The van der Waals surface area contributed by atoms with Gasteiger partial charge in [-0.25, -0.2) is 14.8 Å². The number of anilines is 2. The Kier molecular flexibility index (Phi) is 5.77. The van der Waals surface area contributed by atoms with E-state index < -0.39 is 5.97 Å². The molecule has 31 heavy (non-hydrogen) atoms. The Morgan fingerprint density at radius 1 is 1.03 bits per heavy atom. The zero-order chi connectivity index (χ0) is 22.0. The second-order valence-corrected chi connectivity index (χ2v) is 7.41. The zero-order valence-corrected chi connectivity index (χ0v) is 18.6. The molecule has 0 radical (unpaired) electrons. The van der Waals surface area contributed by atoms with E-state index in [9.17, 15) is 4.79 Å². The zero-order valence-electron chi connectivity index (χ0n) is 17.0. The lowest BCUT2D eigenvalue weighted by atomic mass is 10.1. The highest BCUT2D eigenvalue weighted by Gasteiger charge is 2.16. The minimum atomic E-state index is -0.457. The van der Waals surface area contributed by atoms with Gasteiger partial charge >= 0.3 is 5.97 Å². The van der Waals surface area contributed by atoms with Crippen LogP contribution in [0.25, 0.3) is 16.9 Å². The molecule has 2 heterocycles. The largest absolute Gasteiger partial charge is 0.493 e. The number of fused-ring (bicyclic) bond motifs is 1. The third-order valence-corrected chi connectivity index (χ3v) is 5.20. The number of nitrogens with zero attached hydrogens (tertiary/aromatic N) is 3.